The van der Waals surface area contributed by atoms with E-state index >= 15 is 0 Å². The molecule has 2 aromatic carbocycles. The number of anilines is 2. The number of rotatable bonds is 6. The van der Waals surface area contributed by atoms with Crippen molar-refractivity contribution in [2.45, 2.75) is 20.4 Å². The Morgan fingerprint density at radius 1 is 1.00 bits per heavy atom. The van der Waals surface area contributed by atoms with E-state index in [2.05, 4.69) is 10.6 Å². The molecule has 1 amide bonds. The highest BCUT2D eigenvalue weighted by Crippen LogP contribution is 2.32. The van der Waals surface area contributed by atoms with E-state index in [0.717, 1.165) is 22.7 Å². The predicted octanol–water partition coefficient (Wildman–Crippen LogP) is 6.46. The van der Waals surface area contributed by atoms with Gasteiger partial charge >= 0.3 is 0 Å². The zero-order valence-corrected chi connectivity index (χ0v) is 16.6. The molecule has 0 aliphatic carbocycles. The fourth-order valence-corrected chi connectivity index (χ4v) is 2.83. The summed E-state index contributed by atoms with van der Waals surface area (Å²) in [6.45, 7) is 4.24. The van der Waals surface area contributed by atoms with Gasteiger partial charge in [-0.3, -0.25) is 4.79 Å². The van der Waals surface area contributed by atoms with Crippen LogP contribution >= 0.6 is 23.2 Å². The van der Waals surface area contributed by atoms with Crippen LogP contribution in [0.3, 0.4) is 0 Å². The second kappa shape index (κ2) is 8.51. The maximum absolute atomic E-state index is 11.7. The van der Waals surface area contributed by atoms with Crippen molar-refractivity contribution in [1.82, 2.24) is 0 Å². The number of carbonyl (C=O) groups excluding carboxylic acids is 1. The molecule has 0 saturated heterocycles. The molecule has 1 aromatic heterocycles. The Morgan fingerprint density at radius 3 is 2.41 bits per heavy atom. The van der Waals surface area contributed by atoms with Crippen molar-refractivity contribution in [3.8, 4) is 11.3 Å². The highest BCUT2D eigenvalue weighted by molar-refractivity contribution is 6.35. The third-order valence-corrected chi connectivity index (χ3v) is 4.56. The molecule has 4 nitrogen and oxygen atoms in total. The Hall–Kier alpha value is -2.43. The van der Waals surface area contributed by atoms with Crippen LogP contribution < -0.4 is 10.6 Å². The minimum atomic E-state index is -0.0519. The lowest BCUT2D eigenvalue weighted by Crippen LogP contribution is -2.17. The van der Waals surface area contributed by atoms with Crippen LogP contribution in [0, 0.1) is 5.92 Å². The molecule has 3 rings (SSSR count). The Balaban J connectivity index is 1.62. The monoisotopic (exact) mass is 402 g/mol. The molecule has 0 radical (unpaired) electrons. The van der Waals surface area contributed by atoms with Gasteiger partial charge in [-0.25, -0.2) is 0 Å². The van der Waals surface area contributed by atoms with Gasteiger partial charge in [-0.05, 0) is 54.6 Å². The summed E-state index contributed by atoms with van der Waals surface area (Å²) in [7, 11) is 0. The molecule has 0 spiro atoms. The Bertz CT molecular complexity index is 934. The molecule has 0 unspecified atom stereocenters. The van der Waals surface area contributed by atoms with Gasteiger partial charge in [0, 0.05) is 27.9 Å². The molecule has 27 heavy (non-hydrogen) atoms. The molecule has 0 aliphatic heterocycles. The van der Waals surface area contributed by atoms with Crippen molar-refractivity contribution >= 4 is 40.5 Å². The van der Waals surface area contributed by atoms with E-state index in [0.29, 0.717) is 22.4 Å². The van der Waals surface area contributed by atoms with Crippen LogP contribution in [0.15, 0.2) is 59.0 Å². The number of benzene rings is 2. The van der Waals surface area contributed by atoms with Gasteiger partial charge in [0.05, 0.1) is 11.6 Å². The van der Waals surface area contributed by atoms with Crippen molar-refractivity contribution in [1.29, 1.82) is 0 Å². The maximum atomic E-state index is 11.7. The summed E-state index contributed by atoms with van der Waals surface area (Å²) in [5.41, 5.74) is 2.46. The third-order valence-electron chi connectivity index (χ3n) is 4.00. The average molecular weight is 403 g/mol. The number of furan rings is 1. The third kappa shape index (κ3) is 5.06. The number of amides is 1. The van der Waals surface area contributed by atoms with E-state index in [1.165, 1.54) is 0 Å². The Morgan fingerprint density at radius 2 is 1.70 bits per heavy atom. The SMILES string of the molecule is CC(C)C(=O)Nc1ccc(NCc2ccc(-c3cc(Cl)ccc3Cl)o2)cc1. The van der Waals surface area contributed by atoms with Gasteiger partial charge in [0.25, 0.3) is 0 Å². The summed E-state index contributed by atoms with van der Waals surface area (Å²) in [6, 6.07) is 16.6. The fraction of sp³-hybridized carbons (Fsp3) is 0.190. The molecule has 1 heterocycles. The van der Waals surface area contributed by atoms with Crippen LogP contribution in [-0.4, -0.2) is 5.91 Å². The topological polar surface area (TPSA) is 54.3 Å². The van der Waals surface area contributed by atoms with E-state index in [1.807, 2.05) is 50.2 Å². The van der Waals surface area contributed by atoms with Crippen LogP contribution in [0.25, 0.3) is 11.3 Å². The predicted molar refractivity (Wildman–Crippen MR) is 111 cm³/mol. The molecule has 2 N–H and O–H groups in total. The fourth-order valence-electron chi connectivity index (χ4n) is 2.45. The number of hydrogen-bond acceptors (Lipinski definition) is 3. The quantitative estimate of drug-likeness (QED) is 0.497. The molecular weight excluding hydrogens is 383 g/mol. The second-order valence-corrected chi connectivity index (χ2v) is 7.31. The van der Waals surface area contributed by atoms with Crippen molar-refractivity contribution in [2.75, 3.05) is 10.6 Å². The first-order valence-electron chi connectivity index (χ1n) is 8.61. The van der Waals surface area contributed by atoms with E-state index < -0.39 is 0 Å². The van der Waals surface area contributed by atoms with E-state index in [9.17, 15) is 4.79 Å². The van der Waals surface area contributed by atoms with Crippen molar-refractivity contribution in [3.63, 3.8) is 0 Å². The number of halogens is 2. The Kier molecular flexibility index (Phi) is 6.09. The van der Waals surface area contributed by atoms with Gasteiger partial charge in [0.2, 0.25) is 5.91 Å². The summed E-state index contributed by atoms with van der Waals surface area (Å²) in [6.07, 6.45) is 0. The first-order valence-corrected chi connectivity index (χ1v) is 9.37. The minimum absolute atomic E-state index is 0.00139. The maximum Gasteiger partial charge on any atom is 0.226 e. The highest BCUT2D eigenvalue weighted by atomic mass is 35.5. The number of carbonyl (C=O) groups is 1. The van der Waals surface area contributed by atoms with E-state index in [-0.39, 0.29) is 11.8 Å². The van der Waals surface area contributed by atoms with Gasteiger partial charge in [-0.2, -0.15) is 0 Å². The minimum Gasteiger partial charge on any atom is -0.459 e. The summed E-state index contributed by atoms with van der Waals surface area (Å²) in [5, 5.41) is 7.35. The molecule has 0 saturated carbocycles. The summed E-state index contributed by atoms with van der Waals surface area (Å²) >= 11 is 12.3. The molecule has 3 aromatic rings. The smallest absolute Gasteiger partial charge is 0.226 e. The van der Waals surface area contributed by atoms with E-state index in [4.69, 9.17) is 27.6 Å². The molecular formula is C21H20Cl2N2O2. The van der Waals surface area contributed by atoms with Crippen LogP contribution in [0.1, 0.15) is 19.6 Å². The molecule has 0 fully saturated rings. The summed E-state index contributed by atoms with van der Waals surface area (Å²) < 4.78 is 5.87. The van der Waals surface area contributed by atoms with Gasteiger partial charge in [0.15, 0.2) is 0 Å². The lowest BCUT2D eigenvalue weighted by molar-refractivity contribution is -0.118. The number of hydrogen-bond donors (Lipinski definition) is 2. The lowest BCUT2D eigenvalue weighted by Gasteiger charge is -2.09. The summed E-state index contributed by atoms with van der Waals surface area (Å²) in [5.74, 6) is 1.40. The van der Waals surface area contributed by atoms with Crippen molar-refractivity contribution in [3.05, 3.63) is 70.4 Å². The van der Waals surface area contributed by atoms with E-state index in [1.54, 1.807) is 18.2 Å². The van der Waals surface area contributed by atoms with Crippen LogP contribution in [-0.2, 0) is 11.3 Å². The second-order valence-electron chi connectivity index (χ2n) is 6.46. The average Bonchev–Trinajstić information content (AvgIpc) is 3.12. The zero-order valence-electron chi connectivity index (χ0n) is 15.1. The van der Waals surface area contributed by atoms with Crippen molar-refractivity contribution in [2.24, 2.45) is 5.92 Å². The zero-order chi connectivity index (χ0) is 19.4. The Labute approximate surface area is 168 Å². The highest BCUT2D eigenvalue weighted by Gasteiger charge is 2.10. The largest absolute Gasteiger partial charge is 0.459 e. The van der Waals surface area contributed by atoms with Crippen LogP contribution in [0.4, 0.5) is 11.4 Å². The van der Waals surface area contributed by atoms with Crippen LogP contribution in [0.2, 0.25) is 10.0 Å². The molecule has 0 aliphatic rings. The number of nitrogens with one attached hydrogen (secondary N) is 2. The normalized spacial score (nSPS) is 10.9. The summed E-state index contributed by atoms with van der Waals surface area (Å²) in [4.78, 5) is 11.7. The van der Waals surface area contributed by atoms with Crippen molar-refractivity contribution < 1.29 is 9.21 Å². The molecule has 140 valence electrons. The van der Waals surface area contributed by atoms with Gasteiger partial charge in [-0.1, -0.05) is 37.0 Å². The van der Waals surface area contributed by atoms with Crippen LogP contribution in [0.5, 0.6) is 0 Å². The van der Waals surface area contributed by atoms with Gasteiger partial charge in [0.1, 0.15) is 11.5 Å². The first-order chi connectivity index (χ1) is 12.9. The molecule has 6 heteroatoms. The van der Waals surface area contributed by atoms with Gasteiger partial charge < -0.3 is 15.1 Å². The molecule has 0 atom stereocenters. The molecule has 0 bridgehead atoms. The first kappa shape index (κ1) is 19.3. The van der Waals surface area contributed by atoms with Gasteiger partial charge in [-0.15, -0.1) is 0 Å². The standard InChI is InChI=1S/C21H20Cl2N2O2/c1-13(2)21(26)25-16-6-4-15(5-7-16)24-12-17-8-10-20(27-17)18-11-14(22)3-9-19(18)23/h3-11,13,24H,12H2,1-2H3,(H,25,26). The lowest BCUT2D eigenvalue weighted by atomic mass is 10.2.